The second-order valence-corrected chi connectivity index (χ2v) is 6.07. The van der Waals surface area contributed by atoms with Crippen LogP contribution in [0.25, 0.3) is 0 Å². The van der Waals surface area contributed by atoms with E-state index in [9.17, 15) is 19.2 Å². The minimum absolute atomic E-state index is 0.00668. The zero-order valence-corrected chi connectivity index (χ0v) is 14.9. The summed E-state index contributed by atoms with van der Waals surface area (Å²) in [7, 11) is 0. The van der Waals surface area contributed by atoms with Crippen molar-refractivity contribution in [1.29, 1.82) is 0 Å². The predicted molar refractivity (Wildman–Crippen MR) is 90.9 cm³/mol. The molecule has 1 aromatic rings. The Balaban J connectivity index is 2.35. The number of rotatable bonds is 16. The van der Waals surface area contributed by atoms with E-state index in [4.69, 9.17) is 19.4 Å². The van der Waals surface area contributed by atoms with Crippen LogP contribution in [0, 0.1) is 5.92 Å². The first-order chi connectivity index (χ1) is 13.0. The van der Waals surface area contributed by atoms with Crippen molar-refractivity contribution in [3.8, 4) is 0 Å². The van der Waals surface area contributed by atoms with E-state index in [1.807, 2.05) is 6.07 Å². The summed E-state index contributed by atoms with van der Waals surface area (Å²) < 4.78 is 15.1. The fraction of sp³-hybridized carbons (Fsp3) is 0.556. The van der Waals surface area contributed by atoms with Crippen LogP contribution in [0.1, 0.15) is 43.6 Å². The first kappa shape index (κ1) is 22.2. The van der Waals surface area contributed by atoms with Crippen molar-refractivity contribution < 1.29 is 43.3 Å². The number of aliphatic carboxylic acids is 2. The maximum absolute atomic E-state index is 11.0. The van der Waals surface area contributed by atoms with Gasteiger partial charge in [-0.15, -0.1) is 0 Å². The van der Waals surface area contributed by atoms with Gasteiger partial charge in [-0.1, -0.05) is 0 Å². The molecule has 0 spiro atoms. The van der Waals surface area contributed by atoms with Gasteiger partial charge >= 0.3 is 11.9 Å². The molecule has 0 saturated heterocycles. The molecule has 1 rings (SSSR count). The van der Waals surface area contributed by atoms with Gasteiger partial charge in [0.15, 0.2) is 0 Å². The summed E-state index contributed by atoms with van der Waals surface area (Å²) in [6.45, 7) is 0.622. The van der Waals surface area contributed by atoms with Crippen LogP contribution >= 0.6 is 0 Å². The molecule has 9 heteroatoms. The molecule has 0 aliphatic rings. The predicted octanol–water partition coefficient (Wildman–Crippen LogP) is 1.82. The van der Waals surface area contributed by atoms with Gasteiger partial charge in [0.1, 0.15) is 24.2 Å². The minimum atomic E-state index is -1.13. The molecule has 0 bridgehead atoms. The Morgan fingerprint density at radius 1 is 1.04 bits per heavy atom. The van der Waals surface area contributed by atoms with Crippen molar-refractivity contribution in [2.45, 2.75) is 51.0 Å². The number of ether oxygens (including phenoxy) is 2. The smallest absolute Gasteiger partial charge is 0.307 e. The molecule has 2 atom stereocenters. The van der Waals surface area contributed by atoms with E-state index in [1.54, 1.807) is 6.07 Å². The molecule has 27 heavy (non-hydrogen) atoms. The van der Waals surface area contributed by atoms with E-state index in [1.165, 1.54) is 0 Å². The fourth-order valence-corrected chi connectivity index (χ4v) is 2.66. The highest BCUT2D eigenvalue weighted by Gasteiger charge is 2.20. The van der Waals surface area contributed by atoms with E-state index >= 15 is 0 Å². The third-order valence-corrected chi connectivity index (χ3v) is 4.01. The van der Waals surface area contributed by atoms with Gasteiger partial charge in [0.2, 0.25) is 0 Å². The molecule has 0 aromatic carbocycles. The lowest BCUT2D eigenvalue weighted by atomic mass is 9.98. The highest BCUT2D eigenvalue weighted by atomic mass is 16.6. The van der Waals surface area contributed by atoms with Gasteiger partial charge in [-0.2, -0.15) is 0 Å². The number of hydrogen-bond acceptors (Lipinski definition) is 7. The lowest BCUT2D eigenvalue weighted by Gasteiger charge is -2.13. The van der Waals surface area contributed by atoms with Gasteiger partial charge < -0.3 is 24.1 Å². The van der Waals surface area contributed by atoms with Crippen molar-refractivity contribution in [2.24, 2.45) is 5.92 Å². The second-order valence-electron chi connectivity index (χ2n) is 6.07. The third-order valence-electron chi connectivity index (χ3n) is 4.01. The number of furan rings is 1. The number of carboxylic acids is 2. The standard InChI is InChI=1S/C18H24O9/c19-11-25-10-16(26-12-20)6-2-5-15-8-7-14(27-15)4-1-3-13(18(23)24)9-17(21)22/h7-8,11-13,16H,1-6,9-10H2,(H,21,22)(H,23,24). The number of carboxylic acid groups (broad SMARTS) is 2. The molecule has 0 radical (unpaired) electrons. The summed E-state index contributed by atoms with van der Waals surface area (Å²) in [6, 6.07) is 3.62. The molecule has 2 unspecified atom stereocenters. The molecule has 0 amide bonds. The minimum Gasteiger partial charge on any atom is -0.481 e. The second kappa shape index (κ2) is 12.5. The molecule has 0 aliphatic carbocycles. The van der Waals surface area contributed by atoms with E-state index in [0.29, 0.717) is 50.8 Å². The Labute approximate surface area is 156 Å². The van der Waals surface area contributed by atoms with Crippen LogP contribution in [-0.2, 0) is 41.5 Å². The van der Waals surface area contributed by atoms with Crippen LogP contribution in [0.5, 0.6) is 0 Å². The molecule has 9 nitrogen and oxygen atoms in total. The summed E-state index contributed by atoms with van der Waals surface area (Å²) >= 11 is 0. The number of carbonyl (C=O) groups is 4. The van der Waals surface area contributed by atoms with E-state index in [2.05, 4.69) is 4.74 Å². The molecule has 1 aromatic heterocycles. The highest BCUT2D eigenvalue weighted by molar-refractivity contribution is 5.77. The quantitative estimate of drug-likeness (QED) is 0.408. The summed E-state index contributed by atoms with van der Waals surface area (Å²) in [4.78, 5) is 42.3. The van der Waals surface area contributed by atoms with Crippen molar-refractivity contribution in [2.75, 3.05) is 6.61 Å². The van der Waals surface area contributed by atoms with Crippen LogP contribution in [0.4, 0.5) is 0 Å². The highest BCUT2D eigenvalue weighted by Crippen LogP contribution is 2.18. The molecular formula is C18H24O9. The maximum Gasteiger partial charge on any atom is 0.307 e. The average molecular weight is 384 g/mol. The van der Waals surface area contributed by atoms with Gasteiger partial charge in [0.25, 0.3) is 12.9 Å². The molecule has 150 valence electrons. The van der Waals surface area contributed by atoms with Gasteiger partial charge in [-0.05, 0) is 37.8 Å². The van der Waals surface area contributed by atoms with Crippen molar-refractivity contribution in [1.82, 2.24) is 0 Å². The van der Waals surface area contributed by atoms with E-state index in [0.717, 1.165) is 5.76 Å². The first-order valence-electron chi connectivity index (χ1n) is 8.62. The number of carbonyl (C=O) groups excluding carboxylic acids is 2. The zero-order chi connectivity index (χ0) is 20.1. The Bertz CT molecular complexity index is 608. The summed E-state index contributed by atoms with van der Waals surface area (Å²) in [5, 5.41) is 17.7. The zero-order valence-electron chi connectivity index (χ0n) is 14.9. The number of aryl methyl sites for hydroxylation is 2. The monoisotopic (exact) mass is 384 g/mol. The Hall–Kier alpha value is -2.84. The van der Waals surface area contributed by atoms with Gasteiger partial charge in [0.05, 0.1) is 12.3 Å². The maximum atomic E-state index is 11.0. The Kier molecular flexibility index (Phi) is 10.3. The van der Waals surface area contributed by atoms with Crippen LogP contribution < -0.4 is 0 Å². The molecule has 0 saturated carbocycles. The van der Waals surface area contributed by atoms with E-state index < -0.39 is 30.4 Å². The summed E-state index contributed by atoms with van der Waals surface area (Å²) in [5.74, 6) is -1.69. The fourth-order valence-electron chi connectivity index (χ4n) is 2.66. The normalized spacial score (nSPS) is 12.7. The molecule has 2 N–H and O–H groups in total. The van der Waals surface area contributed by atoms with E-state index in [-0.39, 0.29) is 13.0 Å². The first-order valence-corrected chi connectivity index (χ1v) is 8.62. The Morgan fingerprint density at radius 2 is 1.67 bits per heavy atom. The Morgan fingerprint density at radius 3 is 2.19 bits per heavy atom. The molecular weight excluding hydrogens is 360 g/mol. The van der Waals surface area contributed by atoms with Crippen LogP contribution in [0.15, 0.2) is 16.5 Å². The van der Waals surface area contributed by atoms with Crippen molar-refractivity contribution in [3.05, 3.63) is 23.7 Å². The average Bonchev–Trinajstić information content (AvgIpc) is 3.06. The van der Waals surface area contributed by atoms with Crippen molar-refractivity contribution >= 4 is 24.9 Å². The van der Waals surface area contributed by atoms with Gasteiger partial charge in [-0.3, -0.25) is 19.2 Å². The largest absolute Gasteiger partial charge is 0.481 e. The third kappa shape index (κ3) is 9.43. The molecule has 0 aliphatic heterocycles. The van der Waals surface area contributed by atoms with Crippen LogP contribution in [0.3, 0.4) is 0 Å². The van der Waals surface area contributed by atoms with Gasteiger partial charge in [-0.25, -0.2) is 0 Å². The lowest BCUT2D eigenvalue weighted by molar-refractivity contribution is -0.148. The van der Waals surface area contributed by atoms with Crippen LogP contribution in [-0.4, -0.2) is 47.8 Å². The van der Waals surface area contributed by atoms with Crippen LogP contribution in [0.2, 0.25) is 0 Å². The molecule has 1 heterocycles. The van der Waals surface area contributed by atoms with Crippen molar-refractivity contribution in [3.63, 3.8) is 0 Å². The molecule has 0 fully saturated rings. The lowest BCUT2D eigenvalue weighted by Crippen LogP contribution is -2.19. The topological polar surface area (TPSA) is 140 Å². The number of hydrogen-bond donors (Lipinski definition) is 2. The summed E-state index contributed by atoms with van der Waals surface area (Å²) in [6.07, 6.45) is 2.19. The summed E-state index contributed by atoms with van der Waals surface area (Å²) in [5.41, 5.74) is 0. The SMILES string of the molecule is O=COCC(CCCc1ccc(CCCC(CC(=O)O)C(=O)O)o1)OC=O. The van der Waals surface area contributed by atoms with Gasteiger partial charge in [0, 0.05) is 12.8 Å².